The summed E-state index contributed by atoms with van der Waals surface area (Å²) in [4.78, 5) is 1.61. The Hall–Kier alpha value is -2.45. The minimum atomic E-state index is 0.576. The van der Waals surface area contributed by atoms with Crippen LogP contribution >= 0.6 is 27.7 Å². The van der Waals surface area contributed by atoms with Gasteiger partial charge in [0.25, 0.3) is 0 Å². The van der Waals surface area contributed by atoms with Gasteiger partial charge in [-0.25, -0.2) is 0 Å². The lowest BCUT2D eigenvalue weighted by Gasteiger charge is -2.04. The highest BCUT2D eigenvalue weighted by Crippen LogP contribution is 2.30. The van der Waals surface area contributed by atoms with Gasteiger partial charge in [0, 0.05) is 17.3 Å². The average molecular weight is 441 g/mol. The highest BCUT2D eigenvalue weighted by atomic mass is 79.9. The number of hydrogen-bond acceptors (Lipinski definition) is 5. The molecule has 0 N–H and O–H groups in total. The topological polar surface area (TPSA) is 61.4 Å². The van der Waals surface area contributed by atoms with Crippen LogP contribution in [0.15, 0.2) is 70.3 Å². The lowest BCUT2D eigenvalue weighted by Crippen LogP contribution is -2.03. The molecule has 0 unspecified atom stereocenters. The van der Waals surface area contributed by atoms with E-state index in [4.69, 9.17) is 0 Å². The van der Waals surface area contributed by atoms with Crippen molar-refractivity contribution in [3.8, 4) is 11.4 Å². The van der Waals surface area contributed by atoms with Gasteiger partial charge in [-0.2, -0.15) is 9.90 Å². The van der Waals surface area contributed by atoms with E-state index in [-0.39, 0.29) is 0 Å². The molecule has 2 aromatic carbocycles. The van der Waals surface area contributed by atoms with Crippen molar-refractivity contribution in [3.05, 3.63) is 76.4 Å². The third-order valence-electron chi connectivity index (χ3n) is 4.03. The van der Waals surface area contributed by atoms with Gasteiger partial charge in [-0.05, 0) is 28.5 Å². The molecule has 0 atom stereocenters. The second-order valence-corrected chi connectivity index (χ2v) is 7.91. The Kier molecular flexibility index (Phi) is 5.35. The molecule has 8 heteroatoms. The van der Waals surface area contributed by atoms with Crippen molar-refractivity contribution in [2.75, 3.05) is 0 Å². The fraction of sp³-hybridized carbons (Fsp3) is 0.158. The standard InChI is InChI=1S/C19H17BrN6S/c1-25-19(27-13-15-5-3-2-4-6-15)17(11-21-25)18-22-24-26(23-18)12-14-7-9-16(20)10-8-14/h2-11H,12-13H2,1H3. The molecule has 4 rings (SSSR count). The highest BCUT2D eigenvalue weighted by molar-refractivity contribution is 9.10. The second-order valence-electron chi connectivity index (χ2n) is 6.03. The Bertz CT molecular complexity index is 1030. The Morgan fingerprint density at radius 3 is 2.56 bits per heavy atom. The normalized spacial score (nSPS) is 11.0. The number of aryl methyl sites for hydroxylation is 1. The van der Waals surface area contributed by atoms with Crippen molar-refractivity contribution in [3.63, 3.8) is 0 Å². The predicted molar refractivity (Wildman–Crippen MR) is 109 cm³/mol. The molecule has 2 heterocycles. The van der Waals surface area contributed by atoms with Crippen LogP contribution in [0.3, 0.4) is 0 Å². The van der Waals surface area contributed by atoms with Crippen LogP contribution in [0.2, 0.25) is 0 Å². The van der Waals surface area contributed by atoms with E-state index in [1.807, 2.05) is 42.1 Å². The van der Waals surface area contributed by atoms with E-state index in [2.05, 4.69) is 60.7 Å². The molecule has 0 aliphatic rings. The summed E-state index contributed by atoms with van der Waals surface area (Å²) in [7, 11) is 1.93. The lowest BCUT2D eigenvalue weighted by atomic mass is 10.2. The first-order valence-electron chi connectivity index (χ1n) is 8.40. The molecule has 0 bridgehead atoms. The van der Waals surface area contributed by atoms with Gasteiger partial charge >= 0.3 is 0 Å². The lowest BCUT2D eigenvalue weighted by molar-refractivity contribution is 0.572. The summed E-state index contributed by atoms with van der Waals surface area (Å²) in [5, 5.41) is 18.4. The Balaban J connectivity index is 1.52. The summed E-state index contributed by atoms with van der Waals surface area (Å²) in [5.41, 5.74) is 3.29. The molecule has 27 heavy (non-hydrogen) atoms. The van der Waals surface area contributed by atoms with Gasteiger partial charge in [-0.3, -0.25) is 4.68 Å². The first-order valence-corrected chi connectivity index (χ1v) is 10.2. The Labute approximate surface area is 169 Å². The van der Waals surface area contributed by atoms with E-state index in [9.17, 15) is 0 Å². The maximum absolute atomic E-state index is 4.54. The molecule has 4 aromatic rings. The quantitative estimate of drug-likeness (QED) is 0.420. The predicted octanol–water partition coefficient (Wildman–Crippen LogP) is 4.18. The van der Waals surface area contributed by atoms with Gasteiger partial charge in [-0.15, -0.1) is 22.0 Å². The van der Waals surface area contributed by atoms with Gasteiger partial charge in [0.2, 0.25) is 5.82 Å². The molecule has 0 fully saturated rings. The van der Waals surface area contributed by atoms with E-state index in [1.165, 1.54) is 5.56 Å². The maximum atomic E-state index is 4.54. The van der Waals surface area contributed by atoms with E-state index in [1.54, 1.807) is 22.8 Å². The molecule has 0 radical (unpaired) electrons. The third kappa shape index (κ3) is 4.28. The van der Waals surface area contributed by atoms with Crippen LogP contribution < -0.4 is 0 Å². The molecular weight excluding hydrogens is 424 g/mol. The van der Waals surface area contributed by atoms with Crippen LogP contribution in [0, 0.1) is 0 Å². The molecule has 0 saturated heterocycles. The van der Waals surface area contributed by atoms with Crippen LogP contribution in [-0.2, 0) is 19.3 Å². The number of tetrazole rings is 1. The first kappa shape index (κ1) is 17.9. The van der Waals surface area contributed by atoms with Crippen molar-refractivity contribution in [1.29, 1.82) is 0 Å². The van der Waals surface area contributed by atoms with Crippen LogP contribution in [0.25, 0.3) is 11.4 Å². The average Bonchev–Trinajstić information content (AvgIpc) is 3.29. The molecular formula is C19H17BrN6S. The number of thioether (sulfide) groups is 1. The van der Waals surface area contributed by atoms with Crippen molar-refractivity contribution < 1.29 is 0 Å². The van der Waals surface area contributed by atoms with E-state index < -0.39 is 0 Å². The van der Waals surface area contributed by atoms with Crippen molar-refractivity contribution in [1.82, 2.24) is 30.0 Å². The molecule has 2 aromatic heterocycles. The number of nitrogens with zero attached hydrogens (tertiary/aromatic N) is 6. The van der Waals surface area contributed by atoms with Gasteiger partial charge in [-0.1, -0.05) is 58.4 Å². The second kappa shape index (κ2) is 8.06. The smallest absolute Gasteiger partial charge is 0.209 e. The van der Waals surface area contributed by atoms with Crippen molar-refractivity contribution in [2.24, 2.45) is 7.05 Å². The molecule has 0 aliphatic carbocycles. The van der Waals surface area contributed by atoms with Gasteiger partial charge in [0.15, 0.2) is 0 Å². The minimum Gasteiger partial charge on any atom is -0.261 e. The molecule has 0 amide bonds. The zero-order valence-corrected chi connectivity index (χ0v) is 17.1. The van der Waals surface area contributed by atoms with Crippen LogP contribution in [0.5, 0.6) is 0 Å². The number of benzene rings is 2. The maximum Gasteiger partial charge on any atom is 0.209 e. The monoisotopic (exact) mass is 440 g/mol. The van der Waals surface area contributed by atoms with Crippen molar-refractivity contribution >= 4 is 27.7 Å². The summed E-state index contributed by atoms with van der Waals surface area (Å²) < 4.78 is 2.91. The summed E-state index contributed by atoms with van der Waals surface area (Å²) in [6.07, 6.45) is 1.80. The van der Waals surface area contributed by atoms with Crippen LogP contribution in [0.4, 0.5) is 0 Å². The summed E-state index contributed by atoms with van der Waals surface area (Å²) in [6.45, 7) is 0.576. The minimum absolute atomic E-state index is 0.576. The molecule has 6 nitrogen and oxygen atoms in total. The number of aromatic nitrogens is 6. The summed E-state index contributed by atoms with van der Waals surface area (Å²) >= 11 is 5.17. The first-order chi connectivity index (χ1) is 13.2. The molecule has 0 aliphatic heterocycles. The molecule has 0 spiro atoms. The van der Waals surface area contributed by atoms with Crippen LogP contribution in [-0.4, -0.2) is 30.0 Å². The van der Waals surface area contributed by atoms with Crippen molar-refractivity contribution in [2.45, 2.75) is 17.3 Å². The number of hydrogen-bond donors (Lipinski definition) is 0. The largest absolute Gasteiger partial charge is 0.261 e. The zero-order valence-electron chi connectivity index (χ0n) is 14.7. The number of rotatable bonds is 6. The third-order valence-corrected chi connectivity index (χ3v) is 5.80. The summed E-state index contributed by atoms with van der Waals surface area (Å²) in [5.74, 6) is 1.45. The Morgan fingerprint density at radius 1 is 1.00 bits per heavy atom. The molecule has 0 saturated carbocycles. The van der Waals surface area contributed by atoms with Gasteiger partial charge in [0.05, 0.1) is 18.3 Å². The van der Waals surface area contributed by atoms with Crippen LogP contribution in [0.1, 0.15) is 11.1 Å². The van der Waals surface area contributed by atoms with E-state index in [0.29, 0.717) is 12.4 Å². The molecule has 136 valence electrons. The zero-order chi connectivity index (χ0) is 18.6. The fourth-order valence-corrected chi connectivity index (χ4v) is 3.94. The SMILES string of the molecule is Cn1ncc(-c2nnn(Cc3ccc(Br)cc3)n2)c1SCc1ccccc1. The summed E-state index contributed by atoms with van der Waals surface area (Å²) in [6, 6.07) is 18.5. The number of halogens is 1. The highest BCUT2D eigenvalue weighted by Gasteiger charge is 2.16. The van der Waals surface area contributed by atoms with E-state index >= 15 is 0 Å². The van der Waals surface area contributed by atoms with E-state index in [0.717, 1.165) is 26.4 Å². The van der Waals surface area contributed by atoms with Gasteiger partial charge in [0.1, 0.15) is 5.03 Å². The van der Waals surface area contributed by atoms with Gasteiger partial charge < -0.3 is 0 Å². The fourth-order valence-electron chi connectivity index (χ4n) is 2.65. The Morgan fingerprint density at radius 2 is 1.78 bits per heavy atom.